The van der Waals surface area contributed by atoms with Crippen LogP contribution in [0.25, 0.3) is 6.08 Å². The number of thioether (sulfide) groups is 1. The number of nitrogens with two attached hydrogens (primary N) is 1. The molecule has 35 heavy (non-hydrogen) atoms. The number of ether oxygens (including phenoxy) is 1. The molecule has 0 saturated carbocycles. The number of carbonyl (C=O) groups is 3. The fourth-order valence-electron chi connectivity index (χ4n) is 2.79. The maximum Gasteiger partial charge on any atom is 0.250 e. The first kappa shape index (κ1) is 29.4. The highest BCUT2D eigenvalue weighted by molar-refractivity contribution is 8.13. The molecule has 0 aliphatic carbocycles. The molecule has 0 aliphatic heterocycles. The van der Waals surface area contributed by atoms with Gasteiger partial charge < -0.3 is 20.7 Å². The summed E-state index contributed by atoms with van der Waals surface area (Å²) in [6.45, 7) is 5.10. The van der Waals surface area contributed by atoms with Gasteiger partial charge in [-0.15, -0.1) is 0 Å². The second-order valence-corrected chi connectivity index (χ2v) is 8.84. The molecule has 0 bridgehead atoms. The van der Waals surface area contributed by atoms with E-state index in [1.54, 1.807) is 21.2 Å². The van der Waals surface area contributed by atoms with Crippen molar-refractivity contribution in [3.8, 4) is 5.75 Å². The Kier molecular flexibility index (Phi) is 12.3. The van der Waals surface area contributed by atoms with E-state index < -0.39 is 17.9 Å². The number of nitrogens with zero attached hydrogens (tertiary/aromatic N) is 2. The van der Waals surface area contributed by atoms with Crippen LogP contribution in [0.5, 0.6) is 5.75 Å². The molecule has 5 N–H and O–H groups in total. The highest BCUT2D eigenvalue weighted by Gasteiger charge is 2.22. The lowest BCUT2D eigenvalue weighted by atomic mass is 10.0. The lowest BCUT2D eigenvalue weighted by Crippen LogP contribution is -2.51. The molecule has 0 spiro atoms. The molecule has 0 radical (unpaired) electrons. The molecule has 0 fully saturated rings. The van der Waals surface area contributed by atoms with E-state index in [0.29, 0.717) is 0 Å². The number of aryl methyl sites for hydroxylation is 1. The minimum Gasteiger partial charge on any atom is -0.497 e. The number of amides is 2. The molecule has 1 aromatic rings. The fourth-order valence-corrected chi connectivity index (χ4v) is 3.64. The number of benzene rings is 1. The number of hydrogen-bond donors (Lipinski definition) is 4. The minimum absolute atomic E-state index is 0.00728. The molecule has 1 unspecified atom stereocenters. The standard InChI is InChI=1S/C24H34N6O4S/c1-7-8-17(12-18-9-10-19(34-6)11-15(18)2)13-21(32)35-14-20(27-16(3)31)22(33)28-23(25)29-24(26)30(4)5/h7-12,20H,13-14H2,1-6H3,(H,27,31)(H4,25,26,28,29,33)/b8-7-,17-12+. The summed E-state index contributed by atoms with van der Waals surface area (Å²) in [7, 11) is 4.82. The predicted molar refractivity (Wildman–Crippen MR) is 141 cm³/mol. The molecule has 10 nitrogen and oxygen atoms in total. The minimum atomic E-state index is -1.01. The van der Waals surface area contributed by atoms with Crippen LogP contribution in [0.3, 0.4) is 0 Å². The largest absolute Gasteiger partial charge is 0.497 e. The molecule has 190 valence electrons. The summed E-state index contributed by atoms with van der Waals surface area (Å²) in [5.41, 5.74) is 8.46. The summed E-state index contributed by atoms with van der Waals surface area (Å²) in [4.78, 5) is 42.0. The summed E-state index contributed by atoms with van der Waals surface area (Å²) in [6.07, 6.45) is 5.78. The summed E-state index contributed by atoms with van der Waals surface area (Å²) in [6, 6.07) is 4.69. The first-order valence-electron chi connectivity index (χ1n) is 10.8. The lowest BCUT2D eigenvalue weighted by Gasteiger charge is -2.17. The van der Waals surface area contributed by atoms with Gasteiger partial charge in [0, 0.05) is 33.2 Å². The number of hydrogen-bond acceptors (Lipinski definition) is 6. The normalized spacial score (nSPS) is 12.7. The number of rotatable bonds is 9. The van der Waals surface area contributed by atoms with E-state index >= 15 is 0 Å². The van der Waals surface area contributed by atoms with E-state index in [1.165, 1.54) is 11.8 Å². The van der Waals surface area contributed by atoms with Crippen LogP contribution in [0.15, 0.2) is 40.9 Å². The van der Waals surface area contributed by atoms with Crippen LogP contribution < -0.4 is 21.1 Å². The van der Waals surface area contributed by atoms with E-state index in [9.17, 15) is 14.4 Å². The first-order valence-corrected chi connectivity index (χ1v) is 11.8. The maximum absolute atomic E-state index is 12.7. The molecule has 1 atom stereocenters. The first-order chi connectivity index (χ1) is 16.5. The zero-order valence-corrected chi connectivity index (χ0v) is 21.8. The van der Waals surface area contributed by atoms with Gasteiger partial charge in [-0.3, -0.25) is 25.1 Å². The Morgan fingerprint density at radius 3 is 2.54 bits per heavy atom. The van der Waals surface area contributed by atoms with Gasteiger partial charge in [0.25, 0.3) is 0 Å². The Balaban J connectivity index is 2.89. The second-order valence-electron chi connectivity index (χ2n) is 7.76. The Morgan fingerprint density at radius 2 is 2.00 bits per heavy atom. The fraction of sp³-hybridized carbons (Fsp3) is 0.375. The van der Waals surface area contributed by atoms with E-state index in [4.69, 9.17) is 15.9 Å². The van der Waals surface area contributed by atoms with Gasteiger partial charge in [0.15, 0.2) is 5.12 Å². The van der Waals surface area contributed by atoms with E-state index in [1.807, 2.05) is 50.3 Å². The monoisotopic (exact) mass is 502 g/mol. The van der Waals surface area contributed by atoms with Gasteiger partial charge in [-0.1, -0.05) is 36.1 Å². The molecule has 0 aromatic heterocycles. The maximum atomic E-state index is 12.7. The van der Waals surface area contributed by atoms with Crippen molar-refractivity contribution in [3.63, 3.8) is 0 Å². The Hall–Kier alpha value is -3.60. The zero-order valence-electron chi connectivity index (χ0n) is 21.0. The predicted octanol–water partition coefficient (Wildman–Crippen LogP) is 2.04. The average Bonchev–Trinajstić information content (AvgIpc) is 2.77. The number of guanidine groups is 2. The van der Waals surface area contributed by atoms with Crippen molar-refractivity contribution in [3.05, 3.63) is 47.1 Å². The molecule has 2 amide bonds. The third-order valence-corrected chi connectivity index (χ3v) is 5.52. The third-order valence-electron chi connectivity index (χ3n) is 4.55. The molecule has 1 rings (SSSR count). The lowest BCUT2D eigenvalue weighted by molar-refractivity contribution is -0.126. The van der Waals surface area contributed by atoms with Crippen LogP contribution in [0.2, 0.25) is 0 Å². The molecular formula is C24H34N6O4S. The van der Waals surface area contributed by atoms with Crippen molar-refractivity contribution < 1.29 is 19.1 Å². The van der Waals surface area contributed by atoms with Crippen LogP contribution in [-0.4, -0.2) is 66.7 Å². The van der Waals surface area contributed by atoms with Gasteiger partial charge in [-0.25, -0.2) is 0 Å². The van der Waals surface area contributed by atoms with Crippen LogP contribution in [0, 0.1) is 12.3 Å². The van der Waals surface area contributed by atoms with Crippen molar-refractivity contribution >= 4 is 46.7 Å². The molecule has 0 aliphatic rings. The molecule has 0 heterocycles. The molecular weight excluding hydrogens is 468 g/mol. The smallest absolute Gasteiger partial charge is 0.250 e. The topological polar surface area (TPSA) is 150 Å². The number of allylic oxidation sites excluding steroid dienone is 3. The second kappa shape index (κ2) is 14.6. The quantitative estimate of drug-likeness (QED) is 0.229. The van der Waals surface area contributed by atoms with E-state index in [2.05, 4.69) is 15.6 Å². The van der Waals surface area contributed by atoms with Crippen LogP contribution in [-0.2, 0) is 14.4 Å². The summed E-state index contributed by atoms with van der Waals surface area (Å²) in [5.74, 6) is -0.740. The number of carbonyl (C=O) groups excluding carboxylic acids is 3. The van der Waals surface area contributed by atoms with Crippen LogP contribution >= 0.6 is 11.8 Å². The van der Waals surface area contributed by atoms with Gasteiger partial charge in [0.1, 0.15) is 11.8 Å². The van der Waals surface area contributed by atoms with Crippen LogP contribution in [0.1, 0.15) is 31.4 Å². The third kappa shape index (κ3) is 10.9. The average molecular weight is 503 g/mol. The molecule has 0 saturated heterocycles. The Morgan fingerprint density at radius 1 is 1.31 bits per heavy atom. The number of methoxy groups -OCH3 is 1. The van der Waals surface area contributed by atoms with E-state index in [-0.39, 0.29) is 29.2 Å². The van der Waals surface area contributed by atoms with Crippen molar-refractivity contribution in [2.75, 3.05) is 27.0 Å². The van der Waals surface area contributed by atoms with Gasteiger partial charge in [-0.2, -0.15) is 4.99 Å². The number of nitrogens with one attached hydrogen (secondary N) is 3. The highest BCUT2D eigenvalue weighted by Crippen LogP contribution is 2.22. The summed E-state index contributed by atoms with van der Waals surface area (Å²) in [5, 5.41) is 12.4. The zero-order chi connectivity index (χ0) is 26.5. The van der Waals surface area contributed by atoms with Crippen molar-refractivity contribution in [2.24, 2.45) is 10.7 Å². The summed E-state index contributed by atoms with van der Waals surface area (Å²) >= 11 is 0.935. The summed E-state index contributed by atoms with van der Waals surface area (Å²) < 4.78 is 5.24. The van der Waals surface area contributed by atoms with Gasteiger partial charge in [-0.05, 0) is 42.7 Å². The van der Waals surface area contributed by atoms with Crippen molar-refractivity contribution in [1.29, 1.82) is 5.41 Å². The van der Waals surface area contributed by atoms with Gasteiger partial charge in [0.05, 0.1) is 7.11 Å². The van der Waals surface area contributed by atoms with Gasteiger partial charge in [0.2, 0.25) is 23.7 Å². The Bertz CT molecular complexity index is 1030. The number of aliphatic imine (C=N–C) groups is 1. The SMILES string of the molecule is C/C=C\C(=C/c1ccc(OC)cc1C)CC(=O)SCC(NC(C)=O)C(=O)N/C(N)=N/C(=N)N(C)C. The van der Waals surface area contributed by atoms with Crippen molar-refractivity contribution in [2.45, 2.75) is 33.2 Å². The molecule has 11 heteroatoms. The van der Waals surface area contributed by atoms with Gasteiger partial charge >= 0.3 is 0 Å². The molecule has 1 aromatic carbocycles. The highest BCUT2D eigenvalue weighted by atomic mass is 32.2. The van der Waals surface area contributed by atoms with Crippen molar-refractivity contribution in [1.82, 2.24) is 15.5 Å². The van der Waals surface area contributed by atoms with E-state index in [0.717, 1.165) is 34.2 Å². The Labute approximate surface area is 210 Å². The van der Waals surface area contributed by atoms with Crippen LogP contribution in [0.4, 0.5) is 0 Å².